The fourth-order valence-corrected chi connectivity index (χ4v) is 2.55. The van der Waals surface area contributed by atoms with E-state index < -0.39 is 0 Å². The zero-order chi connectivity index (χ0) is 12.8. The van der Waals surface area contributed by atoms with Crippen molar-refractivity contribution in [1.82, 2.24) is 15.6 Å². The third-order valence-electron chi connectivity index (χ3n) is 2.61. The van der Waals surface area contributed by atoms with Gasteiger partial charge < -0.3 is 10.6 Å². The molecule has 1 unspecified atom stereocenters. The van der Waals surface area contributed by atoms with Crippen molar-refractivity contribution in [2.75, 3.05) is 13.1 Å². The maximum absolute atomic E-state index is 4.44. The summed E-state index contributed by atoms with van der Waals surface area (Å²) < 4.78 is 0. The van der Waals surface area contributed by atoms with Gasteiger partial charge in [0.2, 0.25) is 0 Å². The molecule has 2 N–H and O–H groups in total. The average molecular weight is 255 g/mol. The second-order valence-electron chi connectivity index (χ2n) is 5.08. The lowest BCUT2D eigenvalue weighted by Crippen LogP contribution is -2.37. The van der Waals surface area contributed by atoms with Crippen molar-refractivity contribution in [2.45, 2.75) is 47.2 Å². The third-order valence-corrected chi connectivity index (χ3v) is 3.69. The normalized spacial score (nSPS) is 13.3. The van der Waals surface area contributed by atoms with Gasteiger partial charge in [0.1, 0.15) is 0 Å². The maximum atomic E-state index is 4.44. The summed E-state index contributed by atoms with van der Waals surface area (Å²) in [5.74, 6) is 0.716. The zero-order valence-electron chi connectivity index (χ0n) is 11.6. The number of aryl methyl sites for hydroxylation is 2. The van der Waals surface area contributed by atoms with Crippen LogP contribution >= 0.6 is 11.3 Å². The molecule has 0 fully saturated rings. The fourth-order valence-electron chi connectivity index (χ4n) is 1.67. The molecule has 0 aliphatic carbocycles. The summed E-state index contributed by atoms with van der Waals surface area (Å²) in [6.45, 7) is 13.9. The van der Waals surface area contributed by atoms with Gasteiger partial charge in [-0.3, -0.25) is 0 Å². The Labute approximate surface area is 109 Å². The second kappa shape index (κ2) is 7.09. The number of nitrogens with one attached hydrogen (secondary N) is 2. The standard InChI is InChI=1S/C13H25N3S/c1-9(2)6-14-7-10(3)15-8-13-11(4)16-12(5)17-13/h9-10,14-15H,6-8H2,1-5H3. The average Bonchev–Trinajstić information content (AvgIpc) is 2.54. The Morgan fingerprint density at radius 2 is 1.88 bits per heavy atom. The van der Waals surface area contributed by atoms with Crippen LogP contribution in [-0.4, -0.2) is 24.1 Å². The molecule has 98 valence electrons. The molecule has 1 rings (SSSR count). The molecule has 0 amide bonds. The monoisotopic (exact) mass is 255 g/mol. The lowest BCUT2D eigenvalue weighted by Gasteiger charge is -2.15. The summed E-state index contributed by atoms with van der Waals surface area (Å²) in [6, 6.07) is 0.496. The van der Waals surface area contributed by atoms with Gasteiger partial charge in [-0.25, -0.2) is 4.98 Å². The summed E-state index contributed by atoms with van der Waals surface area (Å²) in [5, 5.41) is 8.16. The van der Waals surface area contributed by atoms with Crippen molar-refractivity contribution in [1.29, 1.82) is 0 Å². The van der Waals surface area contributed by atoms with Crippen LogP contribution in [0.4, 0.5) is 0 Å². The van der Waals surface area contributed by atoms with E-state index >= 15 is 0 Å². The minimum atomic E-state index is 0.496. The Kier molecular flexibility index (Phi) is 6.09. The van der Waals surface area contributed by atoms with E-state index in [4.69, 9.17) is 0 Å². The minimum absolute atomic E-state index is 0.496. The Morgan fingerprint density at radius 1 is 1.18 bits per heavy atom. The first kappa shape index (κ1) is 14.6. The van der Waals surface area contributed by atoms with Crippen molar-refractivity contribution in [3.63, 3.8) is 0 Å². The van der Waals surface area contributed by atoms with Crippen molar-refractivity contribution < 1.29 is 0 Å². The van der Waals surface area contributed by atoms with Gasteiger partial charge in [-0.2, -0.15) is 0 Å². The first-order valence-electron chi connectivity index (χ1n) is 6.36. The first-order chi connectivity index (χ1) is 7.99. The number of hydrogen-bond acceptors (Lipinski definition) is 4. The highest BCUT2D eigenvalue weighted by atomic mass is 32.1. The van der Waals surface area contributed by atoms with Crippen LogP contribution in [0.15, 0.2) is 0 Å². The molecule has 0 aliphatic rings. The summed E-state index contributed by atoms with van der Waals surface area (Å²) >= 11 is 1.79. The van der Waals surface area contributed by atoms with E-state index in [9.17, 15) is 0 Å². The molecule has 0 saturated heterocycles. The molecule has 0 aliphatic heterocycles. The van der Waals surface area contributed by atoms with Crippen LogP contribution in [0.2, 0.25) is 0 Å². The highest BCUT2D eigenvalue weighted by Crippen LogP contribution is 2.16. The van der Waals surface area contributed by atoms with Crippen LogP contribution in [0, 0.1) is 19.8 Å². The largest absolute Gasteiger partial charge is 0.315 e. The molecule has 0 radical (unpaired) electrons. The van der Waals surface area contributed by atoms with Crippen LogP contribution in [0.3, 0.4) is 0 Å². The predicted molar refractivity (Wildman–Crippen MR) is 75.6 cm³/mol. The van der Waals surface area contributed by atoms with E-state index in [-0.39, 0.29) is 0 Å². The van der Waals surface area contributed by atoms with Crippen LogP contribution in [0.5, 0.6) is 0 Å². The molecular weight excluding hydrogens is 230 g/mol. The molecule has 3 nitrogen and oxygen atoms in total. The highest BCUT2D eigenvalue weighted by Gasteiger charge is 2.06. The number of hydrogen-bond donors (Lipinski definition) is 2. The Balaban J connectivity index is 2.23. The maximum Gasteiger partial charge on any atom is 0.0900 e. The molecule has 0 aromatic carbocycles. The van der Waals surface area contributed by atoms with Gasteiger partial charge in [-0.1, -0.05) is 13.8 Å². The van der Waals surface area contributed by atoms with Crippen LogP contribution in [-0.2, 0) is 6.54 Å². The van der Waals surface area contributed by atoms with Crippen molar-refractivity contribution in [2.24, 2.45) is 5.92 Å². The number of rotatable bonds is 7. The molecular formula is C13H25N3S. The summed E-state index contributed by atoms with van der Waals surface area (Å²) in [4.78, 5) is 5.80. The van der Waals surface area contributed by atoms with Gasteiger partial charge in [0.25, 0.3) is 0 Å². The van der Waals surface area contributed by atoms with Crippen molar-refractivity contribution in [3.05, 3.63) is 15.6 Å². The first-order valence-corrected chi connectivity index (χ1v) is 7.17. The zero-order valence-corrected chi connectivity index (χ0v) is 12.4. The second-order valence-corrected chi connectivity index (χ2v) is 6.36. The van der Waals surface area contributed by atoms with E-state index in [1.54, 1.807) is 11.3 Å². The molecule has 0 saturated carbocycles. The molecule has 17 heavy (non-hydrogen) atoms. The van der Waals surface area contributed by atoms with Gasteiger partial charge >= 0.3 is 0 Å². The van der Waals surface area contributed by atoms with Gasteiger partial charge in [0.15, 0.2) is 0 Å². The number of nitrogens with zero attached hydrogens (tertiary/aromatic N) is 1. The fraction of sp³-hybridized carbons (Fsp3) is 0.769. The van der Waals surface area contributed by atoms with Gasteiger partial charge in [0.05, 0.1) is 10.7 Å². The van der Waals surface area contributed by atoms with Crippen molar-refractivity contribution >= 4 is 11.3 Å². The molecule has 0 bridgehead atoms. The van der Waals surface area contributed by atoms with E-state index in [1.165, 1.54) is 10.6 Å². The quantitative estimate of drug-likeness (QED) is 0.786. The SMILES string of the molecule is Cc1nc(C)c(CNC(C)CNCC(C)C)s1. The summed E-state index contributed by atoms with van der Waals surface area (Å²) in [7, 11) is 0. The summed E-state index contributed by atoms with van der Waals surface area (Å²) in [6.07, 6.45) is 0. The Bertz CT molecular complexity index is 333. The molecule has 0 spiro atoms. The molecule has 1 aromatic heterocycles. The molecule has 1 aromatic rings. The molecule has 1 atom stereocenters. The third kappa shape index (κ3) is 5.61. The van der Waals surface area contributed by atoms with Crippen LogP contribution in [0.25, 0.3) is 0 Å². The van der Waals surface area contributed by atoms with E-state index in [0.29, 0.717) is 12.0 Å². The van der Waals surface area contributed by atoms with Crippen LogP contribution in [0.1, 0.15) is 36.3 Å². The molecule has 1 heterocycles. The Hall–Kier alpha value is -0.450. The van der Waals surface area contributed by atoms with Crippen molar-refractivity contribution in [3.8, 4) is 0 Å². The van der Waals surface area contributed by atoms with Gasteiger partial charge in [-0.15, -0.1) is 11.3 Å². The summed E-state index contributed by atoms with van der Waals surface area (Å²) in [5.41, 5.74) is 1.17. The minimum Gasteiger partial charge on any atom is -0.315 e. The number of aromatic nitrogens is 1. The van der Waals surface area contributed by atoms with E-state index in [2.05, 4.69) is 50.2 Å². The van der Waals surface area contributed by atoms with Gasteiger partial charge in [-0.05, 0) is 33.2 Å². The lowest BCUT2D eigenvalue weighted by atomic mass is 10.2. The smallest absolute Gasteiger partial charge is 0.0900 e. The lowest BCUT2D eigenvalue weighted by molar-refractivity contribution is 0.473. The predicted octanol–water partition coefficient (Wildman–Crippen LogP) is 2.48. The number of thiazole rings is 1. The van der Waals surface area contributed by atoms with Gasteiger partial charge in [0, 0.05) is 24.0 Å². The highest BCUT2D eigenvalue weighted by molar-refractivity contribution is 7.11. The van der Waals surface area contributed by atoms with E-state index in [1.807, 2.05) is 0 Å². The van der Waals surface area contributed by atoms with Crippen LogP contribution < -0.4 is 10.6 Å². The molecule has 4 heteroatoms. The Morgan fingerprint density at radius 3 is 2.41 bits per heavy atom. The topological polar surface area (TPSA) is 37.0 Å². The van der Waals surface area contributed by atoms with E-state index in [0.717, 1.165) is 24.6 Å².